The lowest BCUT2D eigenvalue weighted by molar-refractivity contribution is -0.273. The summed E-state index contributed by atoms with van der Waals surface area (Å²) in [5.74, 6) is 7.97. The highest BCUT2D eigenvalue weighted by Crippen LogP contribution is 2.50. The summed E-state index contributed by atoms with van der Waals surface area (Å²) in [6, 6.07) is -1.52. The summed E-state index contributed by atoms with van der Waals surface area (Å²) in [4.78, 5) is 112. The Hall–Kier alpha value is -0.765. The normalized spacial score (nSPS) is 42.0. The zero-order valence-electron chi connectivity index (χ0n) is 58.5. The number of hydrogen-bond donors (Lipinski definition) is 12. The van der Waals surface area contributed by atoms with E-state index < -0.39 is 95.7 Å². The summed E-state index contributed by atoms with van der Waals surface area (Å²) in [5, 5.41) is 0. The monoisotopic (exact) mass is 1560 g/mol. The van der Waals surface area contributed by atoms with Gasteiger partial charge in [-0.1, -0.05) is 14.4 Å². The predicted octanol–water partition coefficient (Wildman–Crippen LogP) is 1.78. The van der Waals surface area contributed by atoms with Crippen LogP contribution in [-0.2, 0) is 85.3 Å². The van der Waals surface area contributed by atoms with Crippen LogP contribution in [0.5, 0.6) is 0 Å². The van der Waals surface area contributed by atoms with Crippen LogP contribution in [0, 0.1) is 5.92 Å². The zero-order chi connectivity index (χ0) is 75.4. The molecule has 14 rings (SSSR count). The molecule has 578 valence electrons. The van der Waals surface area contributed by atoms with Crippen molar-refractivity contribution >= 4 is 105 Å². The molecule has 0 aliphatic carbocycles. The molecular formula is C63H107B3O30P6. The van der Waals surface area contributed by atoms with E-state index in [0.29, 0.717) is 71.9 Å². The first kappa shape index (κ1) is 90.1. The number of rotatable bonds is 18. The van der Waals surface area contributed by atoms with E-state index in [1.54, 1.807) is 79.1 Å². The topological polar surface area (TPSA) is 409 Å². The second kappa shape index (κ2) is 35.7. The first-order valence-electron chi connectivity index (χ1n) is 32.2. The van der Waals surface area contributed by atoms with E-state index in [0.717, 1.165) is 0 Å². The first-order chi connectivity index (χ1) is 46.7. The second-order valence-corrected chi connectivity index (χ2v) is 38.3. The molecule has 0 aromatic carbocycles. The maximum Gasteiger partial charge on any atom is 0.139 e. The van der Waals surface area contributed by atoms with Gasteiger partial charge >= 0.3 is 0 Å². The third-order valence-electron chi connectivity index (χ3n) is 18.8. The average Bonchev–Trinajstić information content (AvgIpc) is 1.21. The van der Waals surface area contributed by atoms with Crippen LogP contribution in [0.2, 0.25) is 0 Å². The molecule has 14 saturated heterocycles. The Morgan fingerprint density at radius 3 is 1.31 bits per heavy atom. The Kier molecular flexibility index (Phi) is 31.6. The molecule has 6 radical (unpaired) electrons. The van der Waals surface area contributed by atoms with Gasteiger partial charge in [0, 0.05) is 85.8 Å². The van der Waals surface area contributed by atoms with Gasteiger partial charge < -0.3 is 144 Å². The van der Waals surface area contributed by atoms with E-state index in [1.807, 2.05) is 20.8 Å². The molecule has 14 aliphatic heterocycles. The lowest BCUT2D eigenvalue weighted by Crippen LogP contribution is -2.64. The van der Waals surface area contributed by atoms with Crippen LogP contribution in [0.15, 0.2) is 71.4 Å². The van der Waals surface area contributed by atoms with Gasteiger partial charge in [-0.25, -0.2) is 0 Å². The lowest BCUT2D eigenvalue weighted by Gasteiger charge is -2.52. The van der Waals surface area contributed by atoms with Gasteiger partial charge in [-0.2, -0.15) is 0 Å². The van der Waals surface area contributed by atoms with Crippen LogP contribution in [0.1, 0.15) is 53.9 Å². The average molecular weight is 1560 g/mol. The molecule has 14 fully saturated rings. The van der Waals surface area contributed by atoms with Gasteiger partial charge in [-0.3, -0.25) is 0 Å². The molecule has 24 atom stereocenters. The van der Waals surface area contributed by atoms with Gasteiger partial charge in [0.25, 0.3) is 0 Å². The highest BCUT2D eigenvalue weighted by Gasteiger charge is 2.61. The molecule has 14 heterocycles. The second-order valence-electron chi connectivity index (χ2n) is 27.1. The highest BCUT2D eigenvalue weighted by atomic mass is 31.2. The number of methoxy groups -OCH3 is 6. The van der Waals surface area contributed by atoms with Crippen LogP contribution in [0.4, 0.5) is 0 Å². The smallest absolute Gasteiger partial charge is 0.139 e. The van der Waals surface area contributed by atoms with Crippen LogP contribution >= 0.6 is 44.0 Å². The van der Waals surface area contributed by atoms with Crippen molar-refractivity contribution in [1.29, 1.82) is 0 Å². The Morgan fingerprint density at radius 1 is 0.402 bits per heavy atom. The van der Waals surface area contributed by atoms with Crippen molar-refractivity contribution in [1.82, 2.24) is 0 Å². The Balaban J connectivity index is 0.000000192. The molecule has 102 heavy (non-hydrogen) atoms. The molecule has 0 amide bonds. The largest absolute Gasteiger partial charge is 0.379 e. The maximum atomic E-state index is 9.34. The zero-order valence-corrected chi connectivity index (χ0v) is 63.8. The van der Waals surface area contributed by atoms with Crippen molar-refractivity contribution in [3.63, 3.8) is 0 Å². The lowest BCUT2D eigenvalue weighted by atomic mass is 9.78. The van der Waals surface area contributed by atoms with E-state index in [1.165, 1.54) is 34.9 Å². The Labute approximate surface area is 603 Å². The molecule has 0 aromatic heterocycles. The number of fused-ring (bicyclic) bond motifs is 14. The molecule has 12 bridgehead atoms. The van der Waals surface area contributed by atoms with Gasteiger partial charge in [0.2, 0.25) is 0 Å². The van der Waals surface area contributed by atoms with E-state index in [4.69, 9.17) is 109 Å². The minimum atomic E-state index is -3.24. The van der Waals surface area contributed by atoms with E-state index in [9.17, 15) is 58.7 Å². The molecule has 0 saturated carbocycles. The quantitative estimate of drug-likeness (QED) is 0.0687. The minimum Gasteiger partial charge on any atom is -0.379 e. The fraction of sp³-hybridized carbons (Fsp3) is 0.714. The summed E-state index contributed by atoms with van der Waals surface area (Å²) in [7, 11) is 7.70. The molecule has 30 nitrogen and oxygen atoms in total. The summed E-state index contributed by atoms with van der Waals surface area (Å²) >= 11 is 0. The molecular weight excluding hydrogens is 1450 g/mol. The van der Waals surface area contributed by atoms with Crippen LogP contribution in [0.25, 0.3) is 0 Å². The van der Waals surface area contributed by atoms with Gasteiger partial charge in [-0.15, -0.1) is 0 Å². The van der Waals surface area contributed by atoms with Crippen molar-refractivity contribution in [3.8, 4) is 0 Å². The summed E-state index contributed by atoms with van der Waals surface area (Å²) in [5.41, 5.74) is -4.47. The third kappa shape index (κ3) is 23.0. The van der Waals surface area contributed by atoms with Crippen molar-refractivity contribution in [2.24, 2.45) is 5.92 Å². The maximum absolute atomic E-state index is 9.34. The molecule has 0 spiro atoms. The van der Waals surface area contributed by atoms with Crippen molar-refractivity contribution in [2.75, 3.05) is 88.9 Å². The van der Waals surface area contributed by atoms with Crippen molar-refractivity contribution in [3.05, 3.63) is 71.4 Å². The van der Waals surface area contributed by atoms with E-state index >= 15 is 0 Å². The van der Waals surface area contributed by atoms with Gasteiger partial charge in [0.1, 0.15) is 144 Å². The van der Waals surface area contributed by atoms with E-state index in [2.05, 4.69) is 37.8 Å². The summed E-state index contributed by atoms with van der Waals surface area (Å²) in [6.45, 7) is 8.72. The molecule has 14 aliphatic rings. The number of hydrogen-bond acceptors (Lipinski definition) is 30. The minimum absolute atomic E-state index is 0. The van der Waals surface area contributed by atoms with Crippen LogP contribution < -0.4 is 0 Å². The predicted molar refractivity (Wildman–Crippen MR) is 399 cm³/mol. The van der Waals surface area contributed by atoms with Gasteiger partial charge in [0.15, 0.2) is 0 Å². The highest BCUT2D eigenvalue weighted by molar-refractivity contribution is 7.67. The molecule has 12 N–H and O–H groups in total. The van der Waals surface area contributed by atoms with Crippen LogP contribution in [0.3, 0.4) is 0 Å². The standard InChI is InChI=1S/2C11H19O5P.3C10H16BO5P.C10H17O5P.CH4/c1-8-9-10(14-2)11(16-8,4-6-15-9)5-7-17(3,12)13;1-8-6-16-11(4-5-17(3,12)13)7-15-9(8)10(11)14-2;1-14-7-5-10(3-4-17(2,12)13)6-15-8(7)9(11)16-10;1-14-9-7-5-8(11)16-10(9,6-15-7)3-4-17(2,12)13;1-14-8-5-7-9(11)16-10(8,6-15-7)3-4-17(2,12)13;1-7-8-9(13-2)10(15-7,6-14-8)4-5-16(3,11)12;/h5,7-10,12-13H,3-4,6H2,1-2H3;4-5,8-10,12-13H,3,6-7H2,1-2H3;3*3-4,7-9,12-13H,2,5-6H2,1H3;4-5,7-9,11-12H,3,6H2,1-2H3;1H4/b7-5+;5-4+;3*4-3+;5-4+;/t8-,9?,10+,11+;;7-,8-,9?,10-;;7-,8+,9?,10+;7-,8?,9+,10-;/m0.1.10./s1. The molecule has 39 heteroatoms. The molecule has 0 aromatic rings. The van der Waals surface area contributed by atoms with Gasteiger partial charge in [-0.05, 0) is 129 Å². The van der Waals surface area contributed by atoms with Crippen molar-refractivity contribution in [2.45, 2.75) is 191 Å². The summed E-state index contributed by atoms with van der Waals surface area (Å²) < 4.78 is 100. The van der Waals surface area contributed by atoms with Crippen LogP contribution in [-0.4, -0.2) is 346 Å². The first-order valence-corrected chi connectivity index (χ1v) is 43.9. The Bertz CT molecular complexity index is 3170. The fourth-order valence-corrected chi connectivity index (χ4v) is 17.1. The van der Waals surface area contributed by atoms with Gasteiger partial charge in [0.05, 0.1) is 89.0 Å². The third-order valence-corrected chi connectivity index (χ3v) is 22.6. The number of ether oxygens (including phenoxy) is 18. The van der Waals surface area contributed by atoms with E-state index in [-0.39, 0.29) is 98.8 Å². The van der Waals surface area contributed by atoms with Crippen molar-refractivity contribution < 1.29 is 144 Å². The summed E-state index contributed by atoms with van der Waals surface area (Å²) in [6.07, 6.45) is 29.6. The fourth-order valence-electron chi connectivity index (χ4n) is 14.1. The Morgan fingerprint density at radius 2 is 0.814 bits per heavy atom. The SMILES string of the molecule is C.C=P(O)(O)/C=C/C12COC(C(C)CO1)C2OC.C=P(O)(O)/C=C/[C@@]12CCOC([C@H](C)O1)[C@H]2OC.C=P(O)(O)/C=C/[C@@]12COC([C@H](C)O1)[C@H]2OC.[B]C1CC2OCC(/C=C/P(=C)(O)O)(O1)C2OC.[B]C1O[C@@]2(/C=C/P(=C)(O)O)CO[C@@H]1C[C@@H]2OC.[B]C1O[C@@]2(/C=C/P(=C)(O)O)CO[C@@H]1[C@H](OC)C2. The molecule has 12 unspecified atom stereocenters.